The Kier molecular flexibility index (Phi) is 6.34. The summed E-state index contributed by atoms with van der Waals surface area (Å²) in [5.74, 6) is -0.770. The number of sulfonamides is 1. The van der Waals surface area contributed by atoms with Crippen LogP contribution >= 0.6 is 23.2 Å². The normalized spacial score (nSPS) is 14.6. The Balaban J connectivity index is 1.99. The molecular formula is C25H20Cl2N2O3S. The quantitative estimate of drug-likeness (QED) is 0.436. The van der Waals surface area contributed by atoms with E-state index in [1.165, 1.54) is 6.08 Å². The fourth-order valence-corrected chi connectivity index (χ4v) is 5.78. The molecule has 1 heterocycles. The largest absolute Gasteiger partial charge is 0.321 e. The van der Waals surface area contributed by atoms with E-state index in [2.05, 4.69) is 11.9 Å². The van der Waals surface area contributed by atoms with E-state index in [1.54, 1.807) is 60.7 Å². The van der Waals surface area contributed by atoms with Crippen LogP contribution in [0, 0.1) is 6.92 Å². The standard InChI is InChI=1S/C25H20Cl2N2O3S/c1-3-13-29-22-12-10-18(26)14-20(22)23(17-7-5-4-6-8-17)24(33(29,31)32)25(30)28-19-11-9-16(2)21(27)15-19/h3-12,14-15H,1,13H2,2H3,(H,28,30). The molecule has 33 heavy (non-hydrogen) atoms. The molecule has 1 N–H and O–H groups in total. The van der Waals surface area contributed by atoms with Crippen molar-refractivity contribution in [3.8, 4) is 0 Å². The Hall–Kier alpha value is -3.06. The van der Waals surface area contributed by atoms with Gasteiger partial charge in [-0.3, -0.25) is 9.10 Å². The van der Waals surface area contributed by atoms with Crippen LogP contribution in [0.2, 0.25) is 10.0 Å². The van der Waals surface area contributed by atoms with Gasteiger partial charge in [0.1, 0.15) is 0 Å². The molecular weight excluding hydrogens is 479 g/mol. The van der Waals surface area contributed by atoms with E-state index in [0.717, 1.165) is 9.87 Å². The van der Waals surface area contributed by atoms with Crippen LogP contribution in [-0.4, -0.2) is 20.9 Å². The number of benzene rings is 3. The van der Waals surface area contributed by atoms with Gasteiger partial charge in [-0.25, -0.2) is 8.42 Å². The Morgan fingerprint density at radius 2 is 1.79 bits per heavy atom. The molecule has 1 aliphatic heterocycles. The maximum Gasteiger partial charge on any atom is 0.270 e. The van der Waals surface area contributed by atoms with Gasteiger partial charge in [0.05, 0.1) is 12.2 Å². The van der Waals surface area contributed by atoms with Gasteiger partial charge in [-0.05, 0) is 48.4 Å². The zero-order chi connectivity index (χ0) is 23.8. The lowest BCUT2D eigenvalue weighted by Crippen LogP contribution is -2.39. The summed E-state index contributed by atoms with van der Waals surface area (Å²) in [6.45, 7) is 5.51. The summed E-state index contributed by atoms with van der Waals surface area (Å²) in [5.41, 5.74) is 3.05. The third-order valence-electron chi connectivity index (χ3n) is 5.27. The summed E-state index contributed by atoms with van der Waals surface area (Å²) < 4.78 is 28.7. The Labute approximate surface area is 203 Å². The summed E-state index contributed by atoms with van der Waals surface area (Å²) in [5, 5.41) is 3.58. The third kappa shape index (κ3) is 4.29. The van der Waals surface area contributed by atoms with Gasteiger partial charge in [-0.2, -0.15) is 0 Å². The summed E-state index contributed by atoms with van der Waals surface area (Å²) in [6, 6.07) is 18.8. The highest BCUT2D eigenvalue weighted by atomic mass is 35.5. The first-order valence-corrected chi connectivity index (χ1v) is 12.2. The van der Waals surface area contributed by atoms with Crippen molar-refractivity contribution in [3.05, 3.63) is 111 Å². The van der Waals surface area contributed by atoms with Gasteiger partial charge in [0.2, 0.25) is 0 Å². The highest BCUT2D eigenvalue weighted by Crippen LogP contribution is 2.44. The van der Waals surface area contributed by atoms with Crippen molar-refractivity contribution in [1.29, 1.82) is 0 Å². The molecule has 0 aromatic heterocycles. The minimum atomic E-state index is -4.23. The molecule has 8 heteroatoms. The number of amides is 1. The first kappa shape index (κ1) is 23.1. The number of aryl methyl sites for hydroxylation is 1. The van der Waals surface area contributed by atoms with Gasteiger partial charge in [-0.15, -0.1) is 6.58 Å². The van der Waals surface area contributed by atoms with Crippen LogP contribution in [0.3, 0.4) is 0 Å². The lowest BCUT2D eigenvalue weighted by molar-refractivity contribution is -0.112. The average Bonchev–Trinajstić information content (AvgIpc) is 2.78. The topological polar surface area (TPSA) is 66.5 Å². The van der Waals surface area contributed by atoms with Gasteiger partial charge in [0.15, 0.2) is 4.91 Å². The monoisotopic (exact) mass is 498 g/mol. The molecule has 0 radical (unpaired) electrons. The van der Waals surface area contributed by atoms with Gasteiger partial charge in [-0.1, -0.05) is 65.7 Å². The van der Waals surface area contributed by atoms with Crippen LogP contribution in [0.15, 0.2) is 84.3 Å². The predicted molar refractivity (Wildman–Crippen MR) is 135 cm³/mol. The van der Waals surface area contributed by atoms with Crippen molar-refractivity contribution in [2.24, 2.45) is 0 Å². The molecule has 1 amide bonds. The number of nitrogens with one attached hydrogen (secondary N) is 1. The maximum atomic E-state index is 13.8. The number of carbonyl (C=O) groups is 1. The summed E-state index contributed by atoms with van der Waals surface area (Å²) in [4.78, 5) is 13.2. The Morgan fingerprint density at radius 3 is 2.45 bits per heavy atom. The van der Waals surface area contributed by atoms with Gasteiger partial charge < -0.3 is 5.32 Å². The van der Waals surface area contributed by atoms with Crippen LogP contribution in [0.1, 0.15) is 16.7 Å². The minimum absolute atomic E-state index is 0.00776. The van der Waals surface area contributed by atoms with Gasteiger partial charge in [0.25, 0.3) is 15.9 Å². The smallest absolute Gasteiger partial charge is 0.270 e. The van der Waals surface area contributed by atoms with Gasteiger partial charge >= 0.3 is 0 Å². The molecule has 0 spiro atoms. The molecule has 3 aromatic rings. The first-order chi connectivity index (χ1) is 15.7. The van der Waals surface area contributed by atoms with Crippen molar-refractivity contribution in [1.82, 2.24) is 0 Å². The van der Waals surface area contributed by atoms with Crippen LogP contribution in [0.25, 0.3) is 5.57 Å². The molecule has 4 rings (SSSR count). The number of halogens is 2. The Bertz CT molecular complexity index is 1400. The number of hydrogen-bond donors (Lipinski definition) is 1. The number of nitrogens with zero attached hydrogens (tertiary/aromatic N) is 1. The Morgan fingerprint density at radius 1 is 1.06 bits per heavy atom. The summed E-state index contributed by atoms with van der Waals surface area (Å²) in [6.07, 6.45) is 1.47. The molecule has 0 fully saturated rings. The van der Waals surface area contributed by atoms with Crippen molar-refractivity contribution >= 4 is 56.1 Å². The third-order valence-corrected chi connectivity index (χ3v) is 7.74. The zero-order valence-corrected chi connectivity index (χ0v) is 20.0. The summed E-state index contributed by atoms with van der Waals surface area (Å²) >= 11 is 12.5. The lowest BCUT2D eigenvalue weighted by Gasteiger charge is -2.33. The van der Waals surface area contributed by atoms with Gasteiger partial charge in [0, 0.05) is 26.9 Å². The van der Waals surface area contributed by atoms with E-state index in [0.29, 0.717) is 32.5 Å². The first-order valence-electron chi connectivity index (χ1n) is 10.0. The molecule has 1 aliphatic rings. The van der Waals surface area contributed by atoms with Crippen molar-refractivity contribution in [3.63, 3.8) is 0 Å². The second kappa shape index (κ2) is 9.06. The second-order valence-electron chi connectivity index (χ2n) is 7.47. The number of carbonyl (C=O) groups excluding carboxylic acids is 1. The van der Waals surface area contributed by atoms with Crippen LogP contribution < -0.4 is 9.62 Å². The van der Waals surface area contributed by atoms with E-state index in [1.807, 2.05) is 13.0 Å². The van der Waals surface area contributed by atoms with Crippen LogP contribution in [0.5, 0.6) is 0 Å². The minimum Gasteiger partial charge on any atom is -0.321 e. The van der Waals surface area contributed by atoms with Crippen molar-refractivity contribution in [2.45, 2.75) is 6.92 Å². The number of hydrogen-bond acceptors (Lipinski definition) is 3. The molecule has 0 unspecified atom stereocenters. The molecule has 3 aromatic carbocycles. The average molecular weight is 499 g/mol. The molecule has 168 valence electrons. The van der Waals surface area contributed by atoms with Crippen molar-refractivity contribution < 1.29 is 13.2 Å². The highest BCUT2D eigenvalue weighted by molar-refractivity contribution is 7.97. The van der Waals surface area contributed by atoms with E-state index in [4.69, 9.17) is 23.2 Å². The zero-order valence-electron chi connectivity index (χ0n) is 17.7. The SMILES string of the molecule is C=CCN1c2ccc(Cl)cc2C(c2ccccc2)=C(C(=O)Nc2ccc(C)c(Cl)c2)S1(=O)=O. The van der Waals surface area contributed by atoms with Crippen LogP contribution in [-0.2, 0) is 14.8 Å². The summed E-state index contributed by atoms with van der Waals surface area (Å²) in [7, 11) is -4.23. The van der Waals surface area contributed by atoms with Crippen LogP contribution in [0.4, 0.5) is 11.4 Å². The fourth-order valence-electron chi connectivity index (χ4n) is 3.71. The lowest BCUT2D eigenvalue weighted by atomic mass is 9.95. The molecule has 0 saturated carbocycles. The van der Waals surface area contributed by atoms with Crippen molar-refractivity contribution in [2.75, 3.05) is 16.2 Å². The molecule has 5 nitrogen and oxygen atoms in total. The number of anilines is 2. The number of rotatable bonds is 5. The molecule has 0 saturated heterocycles. The van der Waals surface area contributed by atoms with E-state index < -0.39 is 15.9 Å². The molecule has 0 aliphatic carbocycles. The van der Waals surface area contributed by atoms with E-state index in [-0.39, 0.29) is 17.0 Å². The fraction of sp³-hybridized carbons (Fsp3) is 0.0800. The second-order valence-corrected chi connectivity index (χ2v) is 10.1. The highest BCUT2D eigenvalue weighted by Gasteiger charge is 2.41. The predicted octanol–water partition coefficient (Wildman–Crippen LogP) is 6.04. The number of fused-ring (bicyclic) bond motifs is 1. The van der Waals surface area contributed by atoms with E-state index >= 15 is 0 Å². The van der Waals surface area contributed by atoms with E-state index in [9.17, 15) is 13.2 Å². The maximum absolute atomic E-state index is 13.8. The molecule has 0 atom stereocenters. The molecule has 0 bridgehead atoms.